The molecule has 0 unspecified atom stereocenters. The molecule has 0 spiro atoms. The van der Waals surface area contributed by atoms with Gasteiger partial charge in [-0.05, 0) is 32.0 Å². The summed E-state index contributed by atoms with van der Waals surface area (Å²) in [5.41, 5.74) is 8.76. The van der Waals surface area contributed by atoms with E-state index in [1.165, 1.54) is 0 Å². The number of H-pyrrole nitrogens is 1. The molecule has 0 aliphatic heterocycles. The number of hydrogen-bond donors (Lipinski definition) is 3. The highest BCUT2D eigenvalue weighted by Gasteiger charge is 2.23. The molecular weight excluding hydrogens is 378 g/mol. The van der Waals surface area contributed by atoms with E-state index in [9.17, 15) is 4.79 Å². The maximum atomic E-state index is 12.7. The van der Waals surface area contributed by atoms with Gasteiger partial charge in [0.2, 0.25) is 0 Å². The minimum atomic E-state index is -0.526. The molecule has 0 aliphatic carbocycles. The molecule has 8 nitrogen and oxygen atoms in total. The van der Waals surface area contributed by atoms with Gasteiger partial charge in [0, 0.05) is 35.7 Å². The number of nitrogens with two attached hydrogens (primary N) is 1. The van der Waals surface area contributed by atoms with Crippen LogP contribution in [0.4, 0.5) is 0 Å². The Morgan fingerprint density at radius 1 is 1.39 bits per heavy atom. The molecule has 144 valence electrons. The lowest BCUT2D eigenvalue weighted by molar-refractivity contribution is 0.0917. The van der Waals surface area contributed by atoms with Crippen LogP contribution in [0.2, 0.25) is 5.02 Å². The number of aryl methyl sites for hydroxylation is 1. The quantitative estimate of drug-likeness (QED) is 0.489. The van der Waals surface area contributed by atoms with Gasteiger partial charge in [-0.15, -0.1) is 0 Å². The summed E-state index contributed by atoms with van der Waals surface area (Å²) >= 11 is 6.10. The number of amides is 1. The van der Waals surface area contributed by atoms with Crippen LogP contribution in [0, 0.1) is 0 Å². The summed E-state index contributed by atoms with van der Waals surface area (Å²) in [6, 6.07) is 5.56. The number of nitrogens with one attached hydrogen (secondary N) is 2. The molecule has 4 aromatic rings. The van der Waals surface area contributed by atoms with Crippen LogP contribution in [0.15, 0.2) is 30.6 Å². The smallest absolute Gasteiger partial charge is 0.255 e. The number of aromatic amines is 1. The predicted octanol–water partition coefficient (Wildman–Crippen LogP) is 2.63. The highest BCUT2D eigenvalue weighted by molar-refractivity contribution is 6.31. The Bertz CT molecular complexity index is 1210. The fourth-order valence-corrected chi connectivity index (χ4v) is 3.19. The minimum Gasteiger partial charge on any atom is -0.346 e. The highest BCUT2D eigenvalue weighted by Crippen LogP contribution is 2.29. The number of carbonyl (C=O) groups is 1. The molecule has 0 bridgehead atoms. The zero-order chi connectivity index (χ0) is 20.1. The van der Waals surface area contributed by atoms with E-state index >= 15 is 0 Å². The van der Waals surface area contributed by atoms with E-state index in [-0.39, 0.29) is 5.91 Å². The third-order valence-corrected chi connectivity index (χ3v) is 4.88. The first kappa shape index (κ1) is 18.4. The maximum Gasteiger partial charge on any atom is 0.255 e. The molecule has 3 heterocycles. The Kier molecular flexibility index (Phi) is 4.32. The van der Waals surface area contributed by atoms with Crippen LogP contribution in [-0.4, -0.2) is 42.7 Å². The third kappa shape index (κ3) is 3.10. The van der Waals surface area contributed by atoms with Crippen molar-refractivity contribution in [2.24, 2.45) is 12.8 Å². The van der Waals surface area contributed by atoms with Crippen LogP contribution in [0.1, 0.15) is 24.2 Å². The molecule has 28 heavy (non-hydrogen) atoms. The standard InChI is InChI=1S/C19H20ClN7O/c1-19(2,9-21)25-18(28)12-7-22-17-16(12)24-13(8-23-17)15-11-5-4-10(20)6-14(11)27(3)26-15/h4-8H,9,21H2,1-3H3,(H,22,23)(H,25,28). The summed E-state index contributed by atoms with van der Waals surface area (Å²) in [5, 5.41) is 9.02. The number of benzene rings is 1. The van der Waals surface area contributed by atoms with E-state index < -0.39 is 5.54 Å². The van der Waals surface area contributed by atoms with Gasteiger partial charge in [0.25, 0.3) is 5.91 Å². The maximum absolute atomic E-state index is 12.7. The SMILES string of the molecule is Cn1nc(-c2cnc3[nH]cc(C(=O)NC(C)(C)CN)c3n2)c2ccc(Cl)cc21. The van der Waals surface area contributed by atoms with Gasteiger partial charge in [-0.25, -0.2) is 9.97 Å². The molecule has 3 aromatic heterocycles. The van der Waals surface area contributed by atoms with Gasteiger partial charge in [0.15, 0.2) is 5.65 Å². The first-order chi connectivity index (χ1) is 13.3. The van der Waals surface area contributed by atoms with E-state index in [1.807, 2.05) is 39.1 Å². The number of aromatic nitrogens is 5. The molecule has 9 heteroatoms. The lowest BCUT2D eigenvalue weighted by atomic mass is 10.1. The van der Waals surface area contributed by atoms with Crippen molar-refractivity contribution in [1.29, 1.82) is 0 Å². The summed E-state index contributed by atoms with van der Waals surface area (Å²) in [6.45, 7) is 4.05. The van der Waals surface area contributed by atoms with E-state index in [2.05, 4.69) is 25.4 Å². The Morgan fingerprint density at radius 3 is 2.93 bits per heavy atom. The molecule has 0 saturated heterocycles. The second kappa shape index (κ2) is 6.57. The van der Waals surface area contributed by atoms with Gasteiger partial charge in [-0.1, -0.05) is 11.6 Å². The lowest BCUT2D eigenvalue weighted by Crippen LogP contribution is -2.48. The molecule has 0 aliphatic rings. The van der Waals surface area contributed by atoms with E-state index in [0.717, 1.165) is 10.9 Å². The van der Waals surface area contributed by atoms with Crippen LogP contribution in [0.25, 0.3) is 33.5 Å². The van der Waals surface area contributed by atoms with Crippen LogP contribution in [-0.2, 0) is 7.05 Å². The second-order valence-corrected chi connectivity index (χ2v) is 7.77. The summed E-state index contributed by atoms with van der Waals surface area (Å²) in [7, 11) is 1.85. The lowest BCUT2D eigenvalue weighted by Gasteiger charge is -2.23. The van der Waals surface area contributed by atoms with Gasteiger partial charge < -0.3 is 16.0 Å². The van der Waals surface area contributed by atoms with Crippen molar-refractivity contribution in [2.75, 3.05) is 6.54 Å². The van der Waals surface area contributed by atoms with E-state index in [1.54, 1.807) is 17.1 Å². The fourth-order valence-electron chi connectivity index (χ4n) is 3.02. The van der Waals surface area contributed by atoms with Crippen molar-refractivity contribution in [3.05, 3.63) is 41.2 Å². The topological polar surface area (TPSA) is 115 Å². The van der Waals surface area contributed by atoms with Crippen molar-refractivity contribution in [2.45, 2.75) is 19.4 Å². The minimum absolute atomic E-state index is 0.259. The summed E-state index contributed by atoms with van der Waals surface area (Å²) in [5.74, 6) is -0.259. The molecular formula is C19H20ClN7O. The molecule has 0 atom stereocenters. The van der Waals surface area contributed by atoms with Crippen LogP contribution >= 0.6 is 11.6 Å². The zero-order valence-electron chi connectivity index (χ0n) is 15.7. The van der Waals surface area contributed by atoms with Crippen LogP contribution < -0.4 is 11.1 Å². The first-order valence-corrected chi connectivity index (χ1v) is 9.16. The first-order valence-electron chi connectivity index (χ1n) is 8.78. The number of rotatable bonds is 4. The highest BCUT2D eigenvalue weighted by atomic mass is 35.5. The average Bonchev–Trinajstić information content (AvgIpc) is 3.22. The number of halogens is 1. The predicted molar refractivity (Wildman–Crippen MR) is 109 cm³/mol. The fraction of sp³-hybridized carbons (Fsp3) is 0.263. The molecule has 4 N–H and O–H groups in total. The molecule has 0 saturated carbocycles. The largest absolute Gasteiger partial charge is 0.346 e. The Balaban J connectivity index is 1.82. The molecule has 1 aromatic carbocycles. The Hall–Kier alpha value is -2.97. The number of hydrogen-bond acceptors (Lipinski definition) is 5. The van der Waals surface area contributed by atoms with Crippen molar-refractivity contribution < 1.29 is 4.79 Å². The number of carbonyl (C=O) groups excluding carboxylic acids is 1. The van der Waals surface area contributed by atoms with Gasteiger partial charge in [0.05, 0.1) is 17.3 Å². The van der Waals surface area contributed by atoms with E-state index in [0.29, 0.717) is 39.7 Å². The summed E-state index contributed by atoms with van der Waals surface area (Å²) in [4.78, 5) is 24.8. The molecule has 0 fully saturated rings. The molecule has 0 radical (unpaired) electrons. The Labute approximate surface area is 166 Å². The van der Waals surface area contributed by atoms with Gasteiger partial charge in [-0.2, -0.15) is 5.10 Å². The summed E-state index contributed by atoms with van der Waals surface area (Å²) in [6.07, 6.45) is 3.24. The Morgan fingerprint density at radius 2 is 2.18 bits per heavy atom. The van der Waals surface area contributed by atoms with Crippen LogP contribution in [0.5, 0.6) is 0 Å². The number of nitrogens with zero attached hydrogens (tertiary/aromatic N) is 4. The van der Waals surface area contributed by atoms with E-state index in [4.69, 9.17) is 17.3 Å². The second-order valence-electron chi connectivity index (χ2n) is 7.33. The number of fused-ring (bicyclic) bond motifs is 2. The third-order valence-electron chi connectivity index (χ3n) is 4.64. The zero-order valence-corrected chi connectivity index (χ0v) is 16.5. The van der Waals surface area contributed by atoms with Gasteiger partial charge in [-0.3, -0.25) is 9.48 Å². The van der Waals surface area contributed by atoms with Crippen molar-refractivity contribution in [1.82, 2.24) is 30.0 Å². The summed E-state index contributed by atoms with van der Waals surface area (Å²) < 4.78 is 1.75. The molecule has 4 rings (SSSR count). The van der Waals surface area contributed by atoms with Gasteiger partial charge >= 0.3 is 0 Å². The molecule has 1 amide bonds. The van der Waals surface area contributed by atoms with Crippen LogP contribution in [0.3, 0.4) is 0 Å². The van der Waals surface area contributed by atoms with Crippen molar-refractivity contribution >= 4 is 39.6 Å². The normalized spacial score (nSPS) is 12.0. The van der Waals surface area contributed by atoms with Crippen molar-refractivity contribution in [3.8, 4) is 11.4 Å². The monoisotopic (exact) mass is 397 g/mol. The average molecular weight is 398 g/mol. The van der Waals surface area contributed by atoms with Crippen molar-refractivity contribution in [3.63, 3.8) is 0 Å². The van der Waals surface area contributed by atoms with Gasteiger partial charge in [0.1, 0.15) is 16.9 Å².